The van der Waals surface area contributed by atoms with Gasteiger partial charge >= 0.3 is 12.4 Å². The molecule has 0 aliphatic rings. The fourth-order valence-electron chi connectivity index (χ4n) is 2.41. The number of hydrogen-bond donors (Lipinski definition) is 0. The molecular formula is C14H7ClF6N4O2S. The SMILES string of the molecule is CC(=O)c1c(C(F)(F)F)sc2nc(Cn3nc(C(F)(F)F)cc3Cl)cc(=O)n12. The van der Waals surface area contributed by atoms with E-state index in [1.165, 1.54) is 0 Å². The van der Waals surface area contributed by atoms with Gasteiger partial charge in [-0.3, -0.25) is 9.59 Å². The number of rotatable bonds is 3. The van der Waals surface area contributed by atoms with Crippen molar-refractivity contribution in [2.24, 2.45) is 0 Å². The highest BCUT2D eigenvalue weighted by Crippen LogP contribution is 2.37. The Hall–Kier alpha value is -2.41. The number of alkyl halides is 6. The lowest BCUT2D eigenvalue weighted by atomic mass is 10.2. The quantitative estimate of drug-likeness (QED) is 0.454. The van der Waals surface area contributed by atoms with Crippen LogP contribution in [0.4, 0.5) is 26.3 Å². The van der Waals surface area contributed by atoms with Crippen molar-refractivity contribution in [1.29, 1.82) is 0 Å². The Morgan fingerprint density at radius 3 is 2.32 bits per heavy atom. The second kappa shape index (κ2) is 6.58. The molecule has 0 atom stereocenters. The molecule has 150 valence electrons. The van der Waals surface area contributed by atoms with E-state index in [0.29, 0.717) is 15.1 Å². The van der Waals surface area contributed by atoms with Crippen molar-refractivity contribution in [1.82, 2.24) is 19.2 Å². The molecule has 28 heavy (non-hydrogen) atoms. The molecule has 0 aliphatic carbocycles. The molecule has 3 aromatic heterocycles. The van der Waals surface area contributed by atoms with Gasteiger partial charge in [-0.05, 0) is 0 Å². The minimum atomic E-state index is -4.89. The van der Waals surface area contributed by atoms with Crippen molar-refractivity contribution < 1.29 is 31.1 Å². The third kappa shape index (κ3) is 3.63. The fourth-order valence-corrected chi connectivity index (χ4v) is 3.68. The maximum absolute atomic E-state index is 13.2. The maximum Gasteiger partial charge on any atom is 0.435 e. The van der Waals surface area contributed by atoms with Crippen LogP contribution in [-0.4, -0.2) is 24.9 Å². The summed E-state index contributed by atoms with van der Waals surface area (Å²) in [4.78, 5) is 26.0. The second-order valence-corrected chi connectivity index (χ2v) is 6.91. The van der Waals surface area contributed by atoms with Gasteiger partial charge in [0, 0.05) is 19.1 Å². The van der Waals surface area contributed by atoms with Gasteiger partial charge in [-0.1, -0.05) is 22.9 Å². The molecule has 0 aliphatic heterocycles. The molecule has 0 N–H and O–H groups in total. The number of aromatic nitrogens is 4. The van der Waals surface area contributed by atoms with Crippen LogP contribution in [0.15, 0.2) is 16.9 Å². The van der Waals surface area contributed by atoms with E-state index in [-0.39, 0.29) is 17.0 Å². The van der Waals surface area contributed by atoms with Crippen LogP contribution in [0.25, 0.3) is 4.96 Å². The van der Waals surface area contributed by atoms with Crippen LogP contribution in [0.5, 0.6) is 0 Å². The number of carbonyl (C=O) groups excluding carboxylic acids is 1. The van der Waals surface area contributed by atoms with E-state index >= 15 is 0 Å². The van der Waals surface area contributed by atoms with E-state index in [0.717, 1.165) is 13.0 Å². The summed E-state index contributed by atoms with van der Waals surface area (Å²) < 4.78 is 78.8. The van der Waals surface area contributed by atoms with E-state index in [9.17, 15) is 35.9 Å². The number of Topliss-reactive ketones (excluding diaryl/α,β-unsaturated/α-hetero) is 1. The number of hydrogen-bond acceptors (Lipinski definition) is 5. The van der Waals surface area contributed by atoms with Crippen LogP contribution in [0.1, 0.15) is 33.7 Å². The van der Waals surface area contributed by atoms with E-state index in [2.05, 4.69) is 10.1 Å². The van der Waals surface area contributed by atoms with Crippen molar-refractivity contribution in [3.63, 3.8) is 0 Å². The fraction of sp³-hybridized carbons (Fsp3) is 0.286. The van der Waals surface area contributed by atoms with Gasteiger partial charge in [-0.15, -0.1) is 0 Å². The zero-order valence-corrected chi connectivity index (χ0v) is 15.1. The van der Waals surface area contributed by atoms with Crippen molar-refractivity contribution >= 4 is 33.7 Å². The second-order valence-electron chi connectivity index (χ2n) is 5.55. The van der Waals surface area contributed by atoms with E-state index < -0.39 is 56.6 Å². The summed E-state index contributed by atoms with van der Waals surface area (Å²) in [5.41, 5.74) is -3.29. The summed E-state index contributed by atoms with van der Waals surface area (Å²) in [6, 6.07) is 1.37. The van der Waals surface area contributed by atoms with Gasteiger partial charge in [0.05, 0.1) is 12.2 Å². The van der Waals surface area contributed by atoms with E-state index in [1.54, 1.807) is 0 Å². The van der Waals surface area contributed by atoms with Crippen LogP contribution in [0.3, 0.4) is 0 Å². The average Bonchev–Trinajstić information content (AvgIpc) is 3.08. The Kier molecular flexibility index (Phi) is 4.78. The predicted octanol–water partition coefficient (Wildman–Crippen LogP) is 3.89. The highest BCUT2D eigenvalue weighted by atomic mass is 35.5. The molecule has 3 aromatic rings. The van der Waals surface area contributed by atoms with Crippen molar-refractivity contribution in [3.05, 3.63) is 49.6 Å². The molecule has 0 bridgehead atoms. The molecule has 0 unspecified atom stereocenters. The first-order valence-electron chi connectivity index (χ1n) is 7.23. The Morgan fingerprint density at radius 1 is 1.18 bits per heavy atom. The van der Waals surface area contributed by atoms with Crippen LogP contribution < -0.4 is 5.56 Å². The van der Waals surface area contributed by atoms with Crippen LogP contribution >= 0.6 is 22.9 Å². The van der Waals surface area contributed by atoms with E-state index in [4.69, 9.17) is 11.6 Å². The Labute approximate surface area is 160 Å². The minimum Gasteiger partial charge on any atom is -0.293 e. The predicted molar refractivity (Wildman–Crippen MR) is 85.7 cm³/mol. The van der Waals surface area contributed by atoms with Crippen LogP contribution in [-0.2, 0) is 18.9 Å². The number of thiazole rings is 1. The third-order valence-corrected chi connectivity index (χ3v) is 4.89. The Morgan fingerprint density at radius 2 is 1.82 bits per heavy atom. The molecule has 0 aromatic carbocycles. The molecule has 0 spiro atoms. The minimum absolute atomic E-state index is 0.0751. The average molecular weight is 445 g/mol. The molecule has 3 heterocycles. The third-order valence-electron chi connectivity index (χ3n) is 3.50. The van der Waals surface area contributed by atoms with Crippen LogP contribution in [0.2, 0.25) is 5.15 Å². The molecule has 3 rings (SSSR count). The summed E-state index contributed by atoms with van der Waals surface area (Å²) in [7, 11) is 0. The summed E-state index contributed by atoms with van der Waals surface area (Å²) in [6.45, 7) is 0.384. The van der Waals surface area contributed by atoms with Gasteiger partial charge in [-0.2, -0.15) is 31.4 Å². The zero-order valence-electron chi connectivity index (χ0n) is 13.5. The summed E-state index contributed by atoms with van der Waals surface area (Å²) in [5.74, 6) is -0.986. The van der Waals surface area contributed by atoms with Crippen LogP contribution in [0, 0.1) is 0 Å². The topological polar surface area (TPSA) is 69.3 Å². The van der Waals surface area contributed by atoms with Gasteiger partial charge < -0.3 is 0 Å². The molecule has 0 fully saturated rings. The maximum atomic E-state index is 13.2. The summed E-state index contributed by atoms with van der Waals surface area (Å²) in [5, 5.41) is 2.85. The molecule has 0 amide bonds. The standard InChI is InChI=1S/C14H7ClF6N4O2S/c1-5(26)10-11(14(19,20)21)28-12-22-6(2-9(27)25(10)12)4-24-8(15)3-7(23-24)13(16,17)18/h2-3H,4H2,1H3. The first-order chi connectivity index (χ1) is 12.8. The monoisotopic (exact) mass is 444 g/mol. The Bertz CT molecular complexity index is 1140. The van der Waals surface area contributed by atoms with Crippen molar-refractivity contribution in [2.75, 3.05) is 0 Å². The first-order valence-corrected chi connectivity index (χ1v) is 8.42. The lowest BCUT2D eigenvalue weighted by Crippen LogP contribution is -2.21. The van der Waals surface area contributed by atoms with E-state index in [1.807, 2.05) is 0 Å². The molecule has 14 heteroatoms. The summed E-state index contributed by atoms with van der Waals surface area (Å²) >= 11 is 5.76. The molecule has 0 radical (unpaired) electrons. The van der Waals surface area contributed by atoms with Gasteiger partial charge in [-0.25, -0.2) is 14.1 Å². The number of halogens is 7. The molecular weight excluding hydrogens is 438 g/mol. The van der Waals surface area contributed by atoms with Crippen molar-refractivity contribution in [3.8, 4) is 0 Å². The number of nitrogens with zero attached hydrogens (tertiary/aromatic N) is 4. The number of fused-ring (bicyclic) bond motifs is 1. The number of carbonyl (C=O) groups is 1. The highest BCUT2D eigenvalue weighted by molar-refractivity contribution is 7.17. The summed E-state index contributed by atoms with van der Waals surface area (Å²) in [6.07, 6.45) is -9.64. The van der Waals surface area contributed by atoms with Gasteiger partial charge in [0.2, 0.25) is 0 Å². The normalized spacial score (nSPS) is 12.7. The number of ketones is 1. The molecule has 0 saturated heterocycles. The molecule has 0 saturated carbocycles. The zero-order chi connectivity index (χ0) is 21.0. The van der Waals surface area contributed by atoms with Gasteiger partial charge in [0.15, 0.2) is 16.4 Å². The largest absolute Gasteiger partial charge is 0.435 e. The highest BCUT2D eigenvalue weighted by Gasteiger charge is 2.39. The first kappa shape index (κ1) is 20.3. The van der Waals surface area contributed by atoms with Crippen molar-refractivity contribution in [2.45, 2.75) is 25.8 Å². The lowest BCUT2D eigenvalue weighted by molar-refractivity contribution is -0.141. The molecule has 6 nitrogen and oxygen atoms in total. The Balaban J connectivity index is 2.12. The van der Waals surface area contributed by atoms with Gasteiger partial charge in [0.1, 0.15) is 15.7 Å². The lowest BCUT2D eigenvalue weighted by Gasteiger charge is -2.05. The van der Waals surface area contributed by atoms with Gasteiger partial charge in [0.25, 0.3) is 5.56 Å². The smallest absolute Gasteiger partial charge is 0.293 e.